The van der Waals surface area contributed by atoms with Gasteiger partial charge in [0.05, 0.1) is 0 Å². The quantitative estimate of drug-likeness (QED) is 0.704. The molecule has 1 heteroatoms. The van der Waals surface area contributed by atoms with E-state index in [0.29, 0.717) is 0 Å². The highest BCUT2D eigenvalue weighted by molar-refractivity contribution is 5.58. The maximum Gasteiger partial charge on any atom is 0.0385 e. The predicted molar refractivity (Wildman–Crippen MR) is 87.2 cm³/mol. The van der Waals surface area contributed by atoms with Crippen LogP contribution in [0.3, 0.4) is 0 Å². The summed E-state index contributed by atoms with van der Waals surface area (Å²) in [6.45, 7) is 20.2. The number of hydrogen-bond donors (Lipinski definition) is 1. The van der Waals surface area contributed by atoms with E-state index in [4.69, 9.17) is 0 Å². The number of hydrogen-bond acceptors (Lipinski definition) is 1. The van der Waals surface area contributed by atoms with E-state index in [-0.39, 0.29) is 16.4 Å². The summed E-state index contributed by atoms with van der Waals surface area (Å²) >= 11 is 0. The summed E-state index contributed by atoms with van der Waals surface area (Å²) < 4.78 is 0. The van der Waals surface area contributed by atoms with Gasteiger partial charge in [-0.1, -0.05) is 53.7 Å². The van der Waals surface area contributed by atoms with Gasteiger partial charge in [-0.3, -0.25) is 0 Å². The van der Waals surface area contributed by atoms with Crippen LogP contribution in [0.4, 0.5) is 5.69 Å². The summed E-state index contributed by atoms with van der Waals surface area (Å²) in [6, 6.07) is 6.88. The van der Waals surface area contributed by atoms with Crippen LogP contribution in [0.15, 0.2) is 18.2 Å². The smallest absolute Gasteiger partial charge is 0.0385 e. The lowest BCUT2D eigenvalue weighted by atomic mass is 9.80. The minimum absolute atomic E-state index is 0.0799. The van der Waals surface area contributed by atoms with Gasteiger partial charge in [0.15, 0.2) is 0 Å². The largest absolute Gasteiger partial charge is 0.380 e. The van der Waals surface area contributed by atoms with Gasteiger partial charge >= 0.3 is 0 Å². The van der Waals surface area contributed by atoms with E-state index in [0.717, 1.165) is 0 Å². The third-order valence-electron chi connectivity index (χ3n) is 3.20. The van der Waals surface area contributed by atoms with Gasteiger partial charge in [0.1, 0.15) is 0 Å². The topological polar surface area (TPSA) is 12.0 Å². The molecule has 0 fully saturated rings. The Hall–Kier alpha value is -0.980. The molecular formula is C18H31N. The first-order chi connectivity index (χ1) is 8.31. The van der Waals surface area contributed by atoms with Crippen LogP contribution in [0.1, 0.15) is 73.4 Å². The molecule has 1 nitrogen and oxygen atoms in total. The third kappa shape index (κ3) is 4.56. The Morgan fingerprint density at radius 3 is 1.63 bits per heavy atom. The Morgan fingerprint density at radius 1 is 0.737 bits per heavy atom. The van der Waals surface area contributed by atoms with Gasteiger partial charge in [-0.25, -0.2) is 0 Å². The zero-order valence-corrected chi connectivity index (χ0v) is 14.2. The summed E-state index contributed by atoms with van der Waals surface area (Å²) in [5, 5.41) is 3.67. The molecule has 0 aromatic heterocycles. The molecule has 0 radical (unpaired) electrons. The SMILES string of the molecule is CC(C)(C)Nc1cc(C(C)(C)C)ccc1C(C)(C)C. The number of benzene rings is 1. The van der Waals surface area contributed by atoms with Gasteiger partial charge in [0, 0.05) is 11.2 Å². The second kappa shape index (κ2) is 4.85. The minimum atomic E-state index is 0.0799. The van der Waals surface area contributed by atoms with Crippen LogP contribution in [0.2, 0.25) is 0 Å². The number of rotatable bonds is 1. The molecule has 1 N–H and O–H groups in total. The van der Waals surface area contributed by atoms with E-state index in [2.05, 4.69) is 85.8 Å². The molecule has 19 heavy (non-hydrogen) atoms. The van der Waals surface area contributed by atoms with Crippen LogP contribution in [-0.4, -0.2) is 5.54 Å². The fourth-order valence-corrected chi connectivity index (χ4v) is 2.17. The zero-order valence-electron chi connectivity index (χ0n) is 14.2. The molecule has 1 rings (SSSR count). The van der Waals surface area contributed by atoms with E-state index in [9.17, 15) is 0 Å². The second-order valence-corrected chi connectivity index (χ2v) is 8.64. The van der Waals surface area contributed by atoms with Crippen molar-refractivity contribution in [3.8, 4) is 0 Å². The van der Waals surface area contributed by atoms with Crippen LogP contribution in [-0.2, 0) is 10.8 Å². The fourth-order valence-electron chi connectivity index (χ4n) is 2.17. The van der Waals surface area contributed by atoms with E-state index in [1.807, 2.05) is 0 Å². The van der Waals surface area contributed by atoms with Crippen molar-refractivity contribution in [1.29, 1.82) is 0 Å². The van der Waals surface area contributed by atoms with Gasteiger partial charge < -0.3 is 5.32 Å². The molecule has 108 valence electrons. The standard InChI is InChI=1S/C18H31N/c1-16(2,3)13-10-11-14(17(4,5)6)15(12-13)19-18(7,8)9/h10-12,19H,1-9H3. The maximum atomic E-state index is 3.67. The monoisotopic (exact) mass is 261 g/mol. The summed E-state index contributed by atoms with van der Waals surface area (Å²) in [6.07, 6.45) is 0. The van der Waals surface area contributed by atoms with Gasteiger partial charge in [0.2, 0.25) is 0 Å². The molecule has 0 spiro atoms. The summed E-state index contributed by atoms with van der Waals surface area (Å²) in [4.78, 5) is 0. The molecule has 0 saturated heterocycles. The van der Waals surface area contributed by atoms with Gasteiger partial charge in [0.25, 0.3) is 0 Å². The van der Waals surface area contributed by atoms with Crippen molar-refractivity contribution in [2.45, 2.75) is 78.7 Å². The van der Waals surface area contributed by atoms with E-state index in [1.165, 1.54) is 16.8 Å². The molecule has 1 aromatic rings. The van der Waals surface area contributed by atoms with E-state index < -0.39 is 0 Å². The van der Waals surface area contributed by atoms with Crippen LogP contribution in [0, 0.1) is 0 Å². The van der Waals surface area contributed by atoms with Gasteiger partial charge in [-0.05, 0) is 48.8 Å². The molecule has 0 atom stereocenters. The molecular weight excluding hydrogens is 230 g/mol. The molecule has 0 aliphatic carbocycles. The zero-order chi connectivity index (χ0) is 15.1. The normalized spacial score (nSPS) is 13.5. The molecule has 1 aromatic carbocycles. The highest BCUT2D eigenvalue weighted by Crippen LogP contribution is 2.35. The Labute approximate surface area is 119 Å². The van der Waals surface area contributed by atoms with Crippen molar-refractivity contribution in [1.82, 2.24) is 0 Å². The molecule has 0 saturated carbocycles. The van der Waals surface area contributed by atoms with Crippen LogP contribution in [0.25, 0.3) is 0 Å². The van der Waals surface area contributed by atoms with Crippen LogP contribution >= 0.6 is 0 Å². The Bertz CT molecular complexity index is 436. The third-order valence-corrected chi connectivity index (χ3v) is 3.20. The van der Waals surface area contributed by atoms with E-state index >= 15 is 0 Å². The lowest BCUT2D eigenvalue weighted by molar-refractivity contribution is 0.571. The highest BCUT2D eigenvalue weighted by atomic mass is 15.0. The Balaban J connectivity index is 3.35. The average molecular weight is 261 g/mol. The number of nitrogens with one attached hydrogen (secondary N) is 1. The Morgan fingerprint density at radius 2 is 1.26 bits per heavy atom. The second-order valence-electron chi connectivity index (χ2n) is 8.64. The van der Waals surface area contributed by atoms with Gasteiger partial charge in [-0.2, -0.15) is 0 Å². The van der Waals surface area contributed by atoms with Crippen molar-refractivity contribution in [3.63, 3.8) is 0 Å². The van der Waals surface area contributed by atoms with Crippen molar-refractivity contribution in [3.05, 3.63) is 29.3 Å². The lowest BCUT2D eigenvalue weighted by Crippen LogP contribution is -2.29. The average Bonchev–Trinajstić information content (AvgIpc) is 2.11. The first-order valence-electron chi connectivity index (χ1n) is 7.24. The van der Waals surface area contributed by atoms with Crippen molar-refractivity contribution >= 4 is 5.69 Å². The first kappa shape index (κ1) is 16.1. The number of anilines is 1. The summed E-state index contributed by atoms with van der Waals surface area (Å²) in [5.74, 6) is 0. The van der Waals surface area contributed by atoms with Crippen LogP contribution < -0.4 is 5.32 Å². The van der Waals surface area contributed by atoms with Crippen LogP contribution in [0.5, 0.6) is 0 Å². The molecule has 0 amide bonds. The molecule has 0 bridgehead atoms. The molecule has 0 heterocycles. The van der Waals surface area contributed by atoms with Crippen molar-refractivity contribution in [2.75, 3.05) is 5.32 Å². The summed E-state index contributed by atoms with van der Waals surface area (Å²) in [7, 11) is 0. The fraction of sp³-hybridized carbons (Fsp3) is 0.667. The lowest BCUT2D eigenvalue weighted by Gasteiger charge is -2.31. The Kier molecular flexibility index (Phi) is 4.10. The molecule has 0 unspecified atom stereocenters. The predicted octanol–water partition coefficient (Wildman–Crippen LogP) is 5.49. The maximum absolute atomic E-state index is 3.67. The summed E-state index contributed by atoms with van der Waals surface area (Å²) in [5.41, 5.74) is 4.46. The van der Waals surface area contributed by atoms with Crippen molar-refractivity contribution in [2.24, 2.45) is 0 Å². The first-order valence-corrected chi connectivity index (χ1v) is 7.24. The minimum Gasteiger partial charge on any atom is -0.380 e. The molecule has 0 aliphatic heterocycles. The van der Waals surface area contributed by atoms with Crippen molar-refractivity contribution < 1.29 is 0 Å². The highest BCUT2D eigenvalue weighted by Gasteiger charge is 2.23. The molecule has 0 aliphatic rings. The van der Waals surface area contributed by atoms with E-state index in [1.54, 1.807) is 0 Å². The van der Waals surface area contributed by atoms with Gasteiger partial charge in [-0.15, -0.1) is 0 Å².